The molecule has 0 saturated carbocycles. The maximum atomic E-state index is 11.7. The van der Waals surface area contributed by atoms with Crippen LogP contribution in [0.4, 0.5) is 13.2 Å². The van der Waals surface area contributed by atoms with E-state index in [0.29, 0.717) is 0 Å². The lowest BCUT2D eigenvalue weighted by Gasteiger charge is -2.08. The van der Waals surface area contributed by atoms with Crippen LogP contribution in [-0.2, 0) is 4.79 Å². The fourth-order valence-corrected chi connectivity index (χ4v) is 0.396. The third-order valence-corrected chi connectivity index (χ3v) is 0.954. The molecular formula is C6H8F3NO. The molecule has 0 bridgehead atoms. The number of amides is 1. The number of rotatable bonds is 2. The Bertz CT molecular complexity index is 173. The molecule has 0 aromatic heterocycles. The van der Waals surface area contributed by atoms with Crippen molar-refractivity contribution in [1.29, 1.82) is 0 Å². The summed E-state index contributed by atoms with van der Waals surface area (Å²) in [6.45, 7) is 4.30. The summed E-state index contributed by atoms with van der Waals surface area (Å²) in [4.78, 5) is 10.5. The molecule has 0 rings (SSSR count). The van der Waals surface area contributed by atoms with E-state index in [9.17, 15) is 18.0 Å². The van der Waals surface area contributed by atoms with E-state index in [4.69, 9.17) is 0 Å². The predicted octanol–water partition coefficient (Wildman–Crippen LogP) is 1.24. The highest BCUT2D eigenvalue weighted by atomic mass is 19.4. The van der Waals surface area contributed by atoms with Crippen LogP contribution in [-0.4, -0.2) is 18.6 Å². The average Bonchev–Trinajstić information content (AvgIpc) is 1.85. The predicted molar refractivity (Wildman–Crippen MR) is 33.9 cm³/mol. The van der Waals surface area contributed by atoms with E-state index in [1.807, 2.05) is 5.32 Å². The second-order valence-corrected chi connectivity index (χ2v) is 1.84. The van der Waals surface area contributed by atoms with Crippen LogP contribution in [0, 0.1) is 0 Å². The molecule has 0 heterocycles. The van der Waals surface area contributed by atoms with Gasteiger partial charge in [-0.3, -0.25) is 4.79 Å². The Kier molecular flexibility index (Phi) is 3.10. The first kappa shape index (κ1) is 10.0. The first-order valence-corrected chi connectivity index (χ1v) is 2.94. The summed E-state index contributed by atoms with van der Waals surface area (Å²) in [6.07, 6.45) is -4.63. The van der Waals surface area contributed by atoms with Crippen molar-refractivity contribution in [2.24, 2.45) is 0 Å². The topological polar surface area (TPSA) is 29.1 Å². The first-order chi connectivity index (χ1) is 4.89. The zero-order chi connectivity index (χ0) is 9.07. The van der Waals surface area contributed by atoms with Crippen LogP contribution in [0.25, 0.3) is 0 Å². The summed E-state index contributed by atoms with van der Waals surface area (Å²) in [5, 5.41) is 1.99. The lowest BCUT2D eigenvalue weighted by molar-refractivity contribution is -0.130. The second kappa shape index (κ2) is 3.41. The molecule has 5 heteroatoms. The maximum absolute atomic E-state index is 11.7. The first-order valence-electron chi connectivity index (χ1n) is 2.94. The molecule has 2 nitrogen and oxygen atoms in total. The van der Waals surface area contributed by atoms with E-state index in [-0.39, 0.29) is 6.54 Å². The van der Waals surface area contributed by atoms with Crippen molar-refractivity contribution in [2.45, 2.75) is 13.1 Å². The molecule has 0 fully saturated rings. The number of alkyl halides is 3. The van der Waals surface area contributed by atoms with Gasteiger partial charge in [0.2, 0.25) is 0 Å². The fourth-order valence-electron chi connectivity index (χ4n) is 0.396. The van der Waals surface area contributed by atoms with Gasteiger partial charge in [-0.1, -0.05) is 6.58 Å². The molecule has 1 N–H and O–H groups in total. The van der Waals surface area contributed by atoms with Gasteiger partial charge in [-0.05, 0) is 6.92 Å². The molecule has 0 aliphatic heterocycles. The Hall–Kier alpha value is -1.00. The molecule has 0 spiro atoms. The second-order valence-electron chi connectivity index (χ2n) is 1.84. The van der Waals surface area contributed by atoms with Gasteiger partial charge in [0.05, 0.1) is 0 Å². The summed E-state index contributed by atoms with van der Waals surface area (Å²) >= 11 is 0. The van der Waals surface area contributed by atoms with Crippen LogP contribution in [0.1, 0.15) is 6.92 Å². The average molecular weight is 167 g/mol. The Morgan fingerprint density at radius 3 is 2.27 bits per heavy atom. The van der Waals surface area contributed by atoms with Gasteiger partial charge in [0, 0.05) is 6.54 Å². The van der Waals surface area contributed by atoms with Crippen LogP contribution >= 0.6 is 0 Å². The van der Waals surface area contributed by atoms with E-state index < -0.39 is 17.7 Å². The number of carbonyl (C=O) groups excluding carboxylic acids is 1. The van der Waals surface area contributed by atoms with Crippen molar-refractivity contribution in [3.05, 3.63) is 12.2 Å². The zero-order valence-corrected chi connectivity index (χ0v) is 5.96. The number of hydrogen-bond donors (Lipinski definition) is 1. The molecule has 0 saturated heterocycles. The fraction of sp³-hybridized carbons (Fsp3) is 0.500. The summed E-state index contributed by atoms with van der Waals surface area (Å²) in [5.41, 5.74) is -1.36. The maximum Gasteiger partial charge on any atom is 0.421 e. The third-order valence-electron chi connectivity index (χ3n) is 0.954. The van der Waals surface area contributed by atoms with Crippen molar-refractivity contribution in [3.63, 3.8) is 0 Å². The van der Waals surface area contributed by atoms with Gasteiger partial charge in [-0.15, -0.1) is 0 Å². The Morgan fingerprint density at radius 2 is 2.00 bits per heavy atom. The minimum atomic E-state index is -4.63. The van der Waals surface area contributed by atoms with Crippen LogP contribution in [0.15, 0.2) is 12.2 Å². The molecule has 0 aromatic carbocycles. The highest BCUT2D eigenvalue weighted by molar-refractivity contribution is 5.93. The van der Waals surface area contributed by atoms with Gasteiger partial charge in [0.25, 0.3) is 5.91 Å². The Morgan fingerprint density at radius 1 is 1.55 bits per heavy atom. The van der Waals surface area contributed by atoms with Crippen molar-refractivity contribution in [2.75, 3.05) is 6.54 Å². The van der Waals surface area contributed by atoms with Gasteiger partial charge in [-0.25, -0.2) is 0 Å². The molecule has 64 valence electrons. The van der Waals surface area contributed by atoms with E-state index in [1.54, 1.807) is 0 Å². The summed E-state index contributed by atoms with van der Waals surface area (Å²) < 4.78 is 35.0. The van der Waals surface area contributed by atoms with Crippen LogP contribution in [0.3, 0.4) is 0 Å². The molecule has 0 radical (unpaired) electrons. The lowest BCUT2D eigenvalue weighted by atomic mass is 10.3. The monoisotopic (exact) mass is 167 g/mol. The largest absolute Gasteiger partial charge is 0.421 e. The number of carbonyl (C=O) groups is 1. The quantitative estimate of drug-likeness (QED) is 0.616. The van der Waals surface area contributed by atoms with Gasteiger partial charge in [0.15, 0.2) is 0 Å². The van der Waals surface area contributed by atoms with Gasteiger partial charge >= 0.3 is 6.18 Å². The molecule has 0 unspecified atom stereocenters. The van der Waals surface area contributed by atoms with Gasteiger partial charge in [-0.2, -0.15) is 13.2 Å². The van der Waals surface area contributed by atoms with Gasteiger partial charge < -0.3 is 5.32 Å². The van der Waals surface area contributed by atoms with Gasteiger partial charge in [0.1, 0.15) is 5.57 Å². The smallest absolute Gasteiger partial charge is 0.352 e. The molecular weight excluding hydrogens is 159 g/mol. The SMILES string of the molecule is C=C(C(=O)NCC)C(F)(F)F. The molecule has 0 aromatic rings. The zero-order valence-electron chi connectivity index (χ0n) is 5.96. The Labute approximate surface area is 62.1 Å². The van der Waals surface area contributed by atoms with Crippen LogP contribution in [0.2, 0.25) is 0 Å². The standard InChI is InChI=1S/C6H8F3NO/c1-3-10-5(11)4(2)6(7,8)9/h2-3H2,1H3,(H,10,11). The number of hydrogen-bond acceptors (Lipinski definition) is 1. The summed E-state index contributed by atoms with van der Waals surface area (Å²) in [5.74, 6) is -1.17. The van der Waals surface area contributed by atoms with E-state index in [1.165, 1.54) is 6.92 Å². The highest BCUT2D eigenvalue weighted by Crippen LogP contribution is 2.23. The number of likely N-dealkylation sites (N-methyl/N-ethyl adjacent to an activating group) is 1. The van der Waals surface area contributed by atoms with E-state index >= 15 is 0 Å². The Balaban J connectivity index is 4.15. The van der Waals surface area contributed by atoms with E-state index in [2.05, 4.69) is 6.58 Å². The molecule has 1 amide bonds. The normalized spacial score (nSPS) is 10.9. The molecule has 11 heavy (non-hydrogen) atoms. The summed E-state index contributed by atoms with van der Waals surface area (Å²) in [7, 11) is 0. The number of nitrogens with one attached hydrogen (secondary N) is 1. The van der Waals surface area contributed by atoms with Crippen molar-refractivity contribution < 1.29 is 18.0 Å². The molecule has 0 aliphatic rings. The van der Waals surface area contributed by atoms with Crippen molar-refractivity contribution in [1.82, 2.24) is 5.32 Å². The minimum absolute atomic E-state index is 0.161. The highest BCUT2D eigenvalue weighted by Gasteiger charge is 2.36. The van der Waals surface area contributed by atoms with Crippen molar-refractivity contribution in [3.8, 4) is 0 Å². The molecule has 0 aliphatic carbocycles. The van der Waals surface area contributed by atoms with Crippen LogP contribution in [0.5, 0.6) is 0 Å². The van der Waals surface area contributed by atoms with E-state index in [0.717, 1.165) is 0 Å². The van der Waals surface area contributed by atoms with Crippen molar-refractivity contribution >= 4 is 5.91 Å². The lowest BCUT2D eigenvalue weighted by Crippen LogP contribution is -2.30. The summed E-state index contributed by atoms with van der Waals surface area (Å²) in [6, 6.07) is 0. The minimum Gasteiger partial charge on any atom is -0.352 e. The molecule has 0 atom stereocenters. The number of halogens is 3. The van der Waals surface area contributed by atoms with Crippen LogP contribution < -0.4 is 5.32 Å². The third kappa shape index (κ3) is 3.06.